The van der Waals surface area contributed by atoms with Gasteiger partial charge in [0.1, 0.15) is 0 Å². The monoisotopic (exact) mass is 240 g/mol. The zero-order chi connectivity index (χ0) is 13.6. The van der Waals surface area contributed by atoms with Crippen molar-refractivity contribution < 1.29 is 19.2 Å². The predicted molar refractivity (Wildman–Crippen MR) is 65.6 cm³/mol. The first-order valence-corrected chi connectivity index (χ1v) is 5.78. The van der Waals surface area contributed by atoms with Crippen LogP contribution in [0.25, 0.3) is 0 Å². The Hall–Kier alpha value is -1.16. The van der Waals surface area contributed by atoms with Crippen LogP contribution in [0.2, 0.25) is 0 Å². The van der Waals surface area contributed by atoms with Crippen LogP contribution in [0, 0.1) is 0 Å². The molecule has 1 fully saturated rings. The average Bonchev–Trinajstić information content (AvgIpc) is 2.96. The quantitative estimate of drug-likeness (QED) is 0.586. The van der Waals surface area contributed by atoms with Crippen LogP contribution in [0.1, 0.15) is 33.6 Å². The van der Waals surface area contributed by atoms with E-state index in [9.17, 15) is 14.7 Å². The summed E-state index contributed by atoms with van der Waals surface area (Å²) in [6, 6.07) is 0. The molecule has 0 amide bonds. The number of carbonyl (C=O) groups excluding carboxylic acids is 1. The highest BCUT2D eigenvalue weighted by Crippen LogP contribution is 2.49. The summed E-state index contributed by atoms with van der Waals surface area (Å²) in [6.45, 7) is 8.94. The second-order valence-electron chi connectivity index (χ2n) is 5.96. The molecule has 1 saturated carbocycles. The van der Waals surface area contributed by atoms with E-state index in [1.807, 2.05) is 14.1 Å². The summed E-state index contributed by atoms with van der Waals surface area (Å²) in [4.78, 5) is 23.6. The fourth-order valence-electron chi connectivity index (χ4n) is 2.44. The number of rotatable bonds is 5. The van der Waals surface area contributed by atoms with Gasteiger partial charge in [-0.3, -0.25) is 4.79 Å². The highest BCUT2D eigenvalue weighted by Gasteiger charge is 2.68. The second kappa shape index (κ2) is 3.67. The maximum atomic E-state index is 12.2. The van der Waals surface area contributed by atoms with Crippen molar-refractivity contribution in [2.45, 2.75) is 44.7 Å². The van der Waals surface area contributed by atoms with Gasteiger partial charge in [-0.2, -0.15) is 0 Å². The predicted octanol–water partition coefficient (Wildman–Crippen LogP) is 1.60. The molecule has 0 aromatic heterocycles. The Morgan fingerprint density at radius 3 is 1.94 bits per heavy atom. The molecule has 0 bridgehead atoms. The van der Waals surface area contributed by atoms with Gasteiger partial charge in [0.15, 0.2) is 11.1 Å². The molecular weight excluding hydrogens is 218 g/mol. The van der Waals surface area contributed by atoms with Crippen LogP contribution >= 0.6 is 0 Å². The Kier molecular flexibility index (Phi) is 3.00. The third-order valence-corrected chi connectivity index (χ3v) is 4.53. The number of likely N-dealkylation sites (N-methyl/N-ethyl adjacent to an activating group) is 1. The van der Waals surface area contributed by atoms with Crippen molar-refractivity contribution in [1.82, 2.24) is 0 Å². The fourth-order valence-corrected chi connectivity index (χ4v) is 2.44. The van der Waals surface area contributed by atoms with Gasteiger partial charge in [0.25, 0.3) is 0 Å². The number of Topliss-reactive ketones (excluding diaryl/α,β-unsaturated/α-hetero) is 1. The number of quaternary nitrogens is 1. The Morgan fingerprint density at radius 1 is 1.29 bits per heavy atom. The number of carbonyl (C=O) groups is 2. The highest BCUT2D eigenvalue weighted by atomic mass is 16.4. The lowest BCUT2D eigenvalue weighted by atomic mass is 9.88. The fraction of sp³-hybridized carbons (Fsp3) is 0.692. The van der Waals surface area contributed by atoms with Crippen LogP contribution in [0.3, 0.4) is 0 Å². The van der Waals surface area contributed by atoms with E-state index >= 15 is 0 Å². The molecule has 1 aliphatic rings. The summed E-state index contributed by atoms with van der Waals surface area (Å²) >= 11 is 0. The number of hydrogen-bond acceptors (Lipinski definition) is 2. The molecule has 4 nitrogen and oxygen atoms in total. The minimum atomic E-state index is -0.815. The van der Waals surface area contributed by atoms with Crippen molar-refractivity contribution in [3.63, 3.8) is 0 Å². The van der Waals surface area contributed by atoms with E-state index in [2.05, 4.69) is 6.58 Å². The molecule has 96 valence electrons. The molecular formula is C13H22NO3+. The van der Waals surface area contributed by atoms with Crippen LogP contribution in [0.4, 0.5) is 0 Å². The lowest BCUT2D eigenvalue weighted by Crippen LogP contribution is -2.68. The van der Waals surface area contributed by atoms with Gasteiger partial charge in [0.2, 0.25) is 5.78 Å². The lowest BCUT2D eigenvalue weighted by molar-refractivity contribution is -0.952. The minimum Gasteiger partial charge on any atom is -0.477 e. The van der Waals surface area contributed by atoms with Crippen molar-refractivity contribution >= 4 is 11.8 Å². The molecule has 17 heavy (non-hydrogen) atoms. The van der Waals surface area contributed by atoms with Crippen molar-refractivity contribution in [3.8, 4) is 0 Å². The Labute approximate surface area is 103 Å². The maximum Gasteiger partial charge on any atom is 0.365 e. The lowest BCUT2D eigenvalue weighted by Gasteiger charge is -2.47. The van der Waals surface area contributed by atoms with E-state index in [1.165, 1.54) is 0 Å². The first-order chi connectivity index (χ1) is 7.50. The number of ketones is 1. The molecule has 0 spiro atoms. The molecule has 0 aromatic rings. The largest absolute Gasteiger partial charge is 0.477 e. The normalized spacial score (nSPS) is 18.6. The minimum absolute atomic E-state index is 0.0741. The topological polar surface area (TPSA) is 54.4 Å². The molecule has 0 heterocycles. The Morgan fingerprint density at radius 2 is 1.71 bits per heavy atom. The van der Waals surface area contributed by atoms with Gasteiger partial charge in [0.05, 0.1) is 14.1 Å². The second-order valence-corrected chi connectivity index (χ2v) is 5.96. The van der Waals surface area contributed by atoms with Crippen molar-refractivity contribution in [2.75, 3.05) is 14.1 Å². The first kappa shape index (κ1) is 13.9. The third-order valence-electron chi connectivity index (χ3n) is 4.53. The highest BCUT2D eigenvalue weighted by molar-refractivity contribution is 6.00. The molecule has 0 aromatic carbocycles. The van der Waals surface area contributed by atoms with Gasteiger partial charge in [-0.15, -0.1) is 0 Å². The smallest absolute Gasteiger partial charge is 0.365 e. The zero-order valence-corrected chi connectivity index (χ0v) is 11.3. The van der Waals surface area contributed by atoms with Gasteiger partial charge >= 0.3 is 5.97 Å². The van der Waals surface area contributed by atoms with Crippen molar-refractivity contribution in [1.29, 1.82) is 0 Å². The van der Waals surface area contributed by atoms with Gasteiger partial charge < -0.3 is 9.59 Å². The van der Waals surface area contributed by atoms with Gasteiger partial charge in [-0.25, -0.2) is 4.79 Å². The standard InChI is InChI=1S/C13H21NO3/c1-9(2)10(15)12(3,4)14(5,6)13(7-8-13)11(16)17/h1,7-8H2,2-6H3/p+1. The molecule has 0 atom stereocenters. The summed E-state index contributed by atoms with van der Waals surface area (Å²) in [7, 11) is 3.64. The first-order valence-electron chi connectivity index (χ1n) is 5.78. The van der Waals surface area contributed by atoms with Gasteiger partial charge in [-0.1, -0.05) is 6.58 Å². The molecule has 1 aliphatic carbocycles. The van der Waals surface area contributed by atoms with E-state index < -0.39 is 17.0 Å². The van der Waals surface area contributed by atoms with Crippen molar-refractivity contribution in [2.24, 2.45) is 0 Å². The SMILES string of the molecule is C=C(C)C(=O)C(C)(C)[N+](C)(C)C1(C(=O)O)CC1. The van der Waals surface area contributed by atoms with Gasteiger partial charge in [0, 0.05) is 12.8 Å². The summed E-state index contributed by atoms with van der Waals surface area (Å²) < 4.78 is 0.168. The van der Waals surface area contributed by atoms with Crippen molar-refractivity contribution in [3.05, 3.63) is 12.2 Å². The summed E-state index contributed by atoms with van der Waals surface area (Å²) in [6.07, 6.45) is 1.25. The number of aliphatic carboxylic acids is 1. The molecule has 4 heteroatoms. The van der Waals surface area contributed by atoms with E-state index in [0.717, 1.165) is 0 Å². The average molecular weight is 240 g/mol. The zero-order valence-electron chi connectivity index (χ0n) is 11.3. The molecule has 1 rings (SSSR count). The van der Waals surface area contributed by atoms with Crippen LogP contribution in [-0.4, -0.2) is 46.5 Å². The summed E-state index contributed by atoms with van der Waals surface area (Å²) in [5, 5.41) is 9.37. The van der Waals surface area contributed by atoms with E-state index in [1.54, 1.807) is 20.8 Å². The third kappa shape index (κ3) is 1.71. The van der Waals surface area contributed by atoms with E-state index in [4.69, 9.17) is 0 Å². The summed E-state index contributed by atoms with van der Waals surface area (Å²) in [5.74, 6) is -0.889. The number of carboxylic acid groups (broad SMARTS) is 1. The van der Waals surface area contributed by atoms with Gasteiger partial charge in [-0.05, 0) is 26.3 Å². The molecule has 0 radical (unpaired) electrons. The Balaban J connectivity index is 3.18. The van der Waals surface area contributed by atoms with E-state index in [-0.39, 0.29) is 10.3 Å². The molecule has 1 N–H and O–H groups in total. The number of nitrogens with zero attached hydrogens (tertiary/aromatic N) is 1. The summed E-state index contributed by atoms with van der Waals surface area (Å²) in [5.41, 5.74) is -1.11. The maximum absolute atomic E-state index is 12.2. The number of hydrogen-bond donors (Lipinski definition) is 1. The molecule has 0 saturated heterocycles. The van der Waals surface area contributed by atoms with Crippen LogP contribution in [0.5, 0.6) is 0 Å². The van der Waals surface area contributed by atoms with Crippen LogP contribution in [0.15, 0.2) is 12.2 Å². The van der Waals surface area contributed by atoms with Crippen LogP contribution < -0.4 is 0 Å². The van der Waals surface area contributed by atoms with Crippen LogP contribution in [-0.2, 0) is 9.59 Å². The molecule has 0 aliphatic heterocycles. The molecule has 0 unspecified atom stereocenters. The Bertz CT molecular complexity index is 389. The number of carboxylic acids is 1. The van der Waals surface area contributed by atoms with E-state index in [0.29, 0.717) is 18.4 Å².